The number of nitrogens with one attached hydrogen (secondary N) is 1. The molecule has 0 aromatic rings. The molecule has 2 aliphatic rings. The van der Waals surface area contributed by atoms with Gasteiger partial charge in [-0.1, -0.05) is 12.2 Å². The molecule has 0 bridgehead atoms. The van der Waals surface area contributed by atoms with Crippen LogP contribution in [0, 0.1) is 0 Å². The summed E-state index contributed by atoms with van der Waals surface area (Å²) in [6, 6.07) is 0.239. The molecule has 1 unspecified atom stereocenters. The molecule has 0 radical (unpaired) electrons. The van der Waals surface area contributed by atoms with Crippen LogP contribution in [0.5, 0.6) is 0 Å². The predicted molar refractivity (Wildman–Crippen MR) is 52.7 cm³/mol. The molecule has 2 rings (SSSR count). The van der Waals surface area contributed by atoms with Gasteiger partial charge < -0.3 is 15.8 Å². The summed E-state index contributed by atoms with van der Waals surface area (Å²) in [6.07, 6.45) is 6.63. The maximum Gasteiger partial charge on any atom is 0.242 e. The smallest absolute Gasteiger partial charge is 0.242 e. The van der Waals surface area contributed by atoms with Gasteiger partial charge in [0.05, 0.1) is 6.61 Å². The van der Waals surface area contributed by atoms with E-state index >= 15 is 0 Å². The molecule has 1 aliphatic heterocycles. The first-order chi connectivity index (χ1) is 6.71. The lowest BCUT2D eigenvalue weighted by Gasteiger charge is -2.23. The molecule has 4 nitrogen and oxygen atoms in total. The maximum atomic E-state index is 11.8. The Morgan fingerprint density at radius 2 is 2.21 bits per heavy atom. The van der Waals surface area contributed by atoms with Gasteiger partial charge in [-0.15, -0.1) is 0 Å². The minimum atomic E-state index is -0.789. The largest absolute Gasteiger partial charge is 0.379 e. The highest BCUT2D eigenvalue weighted by atomic mass is 16.5. The van der Waals surface area contributed by atoms with E-state index < -0.39 is 5.54 Å². The Morgan fingerprint density at radius 1 is 1.50 bits per heavy atom. The summed E-state index contributed by atoms with van der Waals surface area (Å²) in [6.45, 7) is 0.936. The van der Waals surface area contributed by atoms with E-state index in [2.05, 4.69) is 17.5 Å². The lowest BCUT2D eigenvalue weighted by molar-refractivity contribution is -0.127. The second-order valence-corrected chi connectivity index (χ2v) is 4.07. The number of hydrogen-bond acceptors (Lipinski definition) is 3. The normalized spacial score (nSPS) is 32.4. The van der Waals surface area contributed by atoms with Crippen molar-refractivity contribution in [2.75, 3.05) is 13.2 Å². The van der Waals surface area contributed by atoms with E-state index in [4.69, 9.17) is 10.5 Å². The molecule has 1 atom stereocenters. The second kappa shape index (κ2) is 3.71. The zero-order valence-electron chi connectivity index (χ0n) is 8.16. The van der Waals surface area contributed by atoms with Gasteiger partial charge in [0.2, 0.25) is 5.91 Å². The van der Waals surface area contributed by atoms with Crippen LogP contribution in [-0.2, 0) is 9.53 Å². The van der Waals surface area contributed by atoms with Gasteiger partial charge in [0.25, 0.3) is 0 Å². The molecule has 78 valence electrons. The number of carbonyl (C=O) groups is 1. The van der Waals surface area contributed by atoms with Crippen LogP contribution < -0.4 is 11.1 Å². The van der Waals surface area contributed by atoms with Gasteiger partial charge in [0.15, 0.2) is 0 Å². The lowest BCUT2D eigenvalue weighted by atomic mass is 9.98. The van der Waals surface area contributed by atoms with Crippen molar-refractivity contribution in [3.63, 3.8) is 0 Å². The molecule has 1 heterocycles. The summed E-state index contributed by atoms with van der Waals surface area (Å²) >= 11 is 0. The fourth-order valence-corrected chi connectivity index (χ4v) is 1.82. The fraction of sp³-hybridized carbons (Fsp3) is 0.700. The molecule has 1 amide bonds. The Morgan fingerprint density at radius 3 is 2.79 bits per heavy atom. The van der Waals surface area contributed by atoms with Gasteiger partial charge in [0.1, 0.15) is 5.54 Å². The molecule has 0 aromatic heterocycles. The molecular formula is C10H16N2O2. The van der Waals surface area contributed by atoms with Gasteiger partial charge >= 0.3 is 0 Å². The number of nitrogens with two attached hydrogens (primary N) is 1. The summed E-state index contributed by atoms with van der Waals surface area (Å²) < 4.78 is 5.14. The first kappa shape index (κ1) is 9.68. The Bertz CT molecular complexity index is 249. The molecule has 14 heavy (non-hydrogen) atoms. The molecule has 1 fully saturated rings. The molecular weight excluding hydrogens is 180 g/mol. The number of amides is 1. The van der Waals surface area contributed by atoms with Crippen molar-refractivity contribution in [3.05, 3.63) is 12.2 Å². The van der Waals surface area contributed by atoms with Crippen LogP contribution in [0.2, 0.25) is 0 Å². The third-order valence-corrected chi connectivity index (χ3v) is 2.85. The minimum absolute atomic E-state index is 0.0660. The molecule has 1 saturated heterocycles. The van der Waals surface area contributed by atoms with Crippen LogP contribution in [0.4, 0.5) is 0 Å². The topological polar surface area (TPSA) is 64.4 Å². The first-order valence-electron chi connectivity index (χ1n) is 5.03. The van der Waals surface area contributed by atoms with E-state index in [9.17, 15) is 4.79 Å². The van der Waals surface area contributed by atoms with Gasteiger partial charge in [0, 0.05) is 12.6 Å². The highest BCUT2D eigenvalue weighted by Crippen LogP contribution is 2.17. The highest BCUT2D eigenvalue weighted by molar-refractivity contribution is 5.86. The Balaban J connectivity index is 1.88. The van der Waals surface area contributed by atoms with Crippen molar-refractivity contribution < 1.29 is 9.53 Å². The van der Waals surface area contributed by atoms with Crippen LogP contribution in [0.1, 0.15) is 19.3 Å². The standard InChI is InChI=1S/C10H16N2O2/c11-10(5-6-14-7-10)9(13)12-8-3-1-2-4-8/h1-2,8H,3-7,11H2,(H,12,13). The van der Waals surface area contributed by atoms with Crippen LogP contribution in [0.3, 0.4) is 0 Å². The predicted octanol–water partition coefficient (Wildman–Crippen LogP) is -0.0610. The van der Waals surface area contributed by atoms with Gasteiger partial charge in [-0.2, -0.15) is 0 Å². The van der Waals surface area contributed by atoms with E-state index in [1.54, 1.807) is 0 Å². The third kappa shape index (κ3) is 1.81. The third-order valence-electron chi connectivity index (χ3n) is 2.85. The average molecular weight is 196 g/mol. The SMILES string of the molecule is NC1(C(=O)NC2CC=CC2)CCOC1. The number of carbonyl (C=O) groups excluding carboxylic acids is 1. The molecule has 0 aromatic carbocycles. The van der Waals surface area contributed by atoms with E-state index in [0.717, 1.165) is 12.8 Å². The van der Waals surface area contributed by atoms with E-state index in [1.807, 2.05) is 0 Å². The summed E-state index contributed by atoms with van der Waals surface area (Å²) in [5, 5.41) is 2.95. The summed E-state index contributed by atoms with van der Waals surface area (Å²) in [5.41, 5.74) is 5.13. The van der Waals surface area contributed by atoms with Crippen LogP contribution >= 0.6 is 0 Å². The fourth-order valence-electron chi connectivity index (χ4n) is 1.82. The van der Waals surface area contributed by atoms with Crippen molar-refractivity contribution in [1.29, 1.82) is 0 Å². The lowest BCUT2D eigenvalue weighted by Crippen LogP contribution is -2.56. The van der Waals surface area contributed by atoms with Crippen molar-refractivity contribution in [1.82, 2.24) is 5.32 Å². The Hall–Kier alpha value is -0.870. The van der Waals surface area contributed by atoms with Crippen LogP contribution in [0.15, 0.2) is 12.2 Å². The van der Waals surface area contributed by atoms with Crippen LogP contribution in [0.25, 0.3) is 0 Å². The molecule has 1 aliphatic carbocycles. The van der Waals surface area contributed by atoms with Crippen molar-refractivity contribution in [2.45, 2.75) is 30.8 Å². The summed E-state index contributed by atoms with van der Waals surface area (Å²) in [7, 11) is 0. The summed E-state index contributed by atoms with van der Waals surface area (Å²) in [4.78, 5) is 11.8. The molecule has 0 saturated carbocycles. The minimum Gasteiger partial charge on any atom is -0.379 e. The van der Waals surface area contributed by atoms with Crippen LogP contribution in [-0.4, -0.2) is 30.7 Å². The second-order valence-electron chi connectivity index (χ2n) is 4.07. The first-order valence-corrected chi connectivity index (χ1v) is 5.03. The number of rotatable bonds is 2. The van der Waals surface area contributed by atoms with Crippen molar-refractivity contribution >= 4 is 5.91 Å². The van der Waals surface area contributed by atoms with Crippen molar-refractivity contribution in [3.8, 4) is 0 Å². The van der Waals surface area contributed by atoms with Crippen molar-refractivity contribution in [2.24, 2.45) is 5.73 Å². The average Bonchev–Trinajstić information content (AvgIpc) is 2.76. The molecule has 3 N–H and O–H groups in total. The quantitative estimate of drug-likeness (QED) is 0.608. The molecule has 0 spiro atoms. The zero-order chi connectivity index (χ0) is 10.0. The van der Waals surface area contributed by atoms with E-state index in [-0.39, 0.29) is 11.9 Å². The maximum absolute atomic E-state index is 11.8. The molecule has 4 heteroatoms. The van der Waals surface area contributed by atoms with E-state index in [1.165, 1.54) is 0 Å². The zero-order valence-corrected chi connectivity index (χ0v) is 8.16. The summed E-state index contributed by atoms with van der Waals surface area (Å²) in [5.74, 6) is -0.0660. The Kier molecular flexibility index (Phi) is 2.56. The van der Waals surface area contributed by atoms with Gasteiger partial charge in [-0.25, -0.2) is 0 Å². The van der Waals surface area contributed by atoms with Gasteiger partial charge in [-0.05, 0) is 19.3 Å². The monoisotopic (exact) mass is 196 g/mol. The number of ether oxygens (including phenoxy) is 1. The number of hydrogen-bond donors (Lipinski definition) is 2. The Labute approximate surface area is 83.5 Å². The van der Waals surface area contributed by atoms with E-state index in [0.29, 0.717) is 19.6 Å². The van der Waals surface area contributed by atoms with Gasteiger partial charge in [-0.3, -0.25) is 4.79 Å². The highest BCUT2D eigenvalue weighted by Gasteiger charge is 2.38.